The highest BCUT2D eigenvalue weighted by molar-refractivity contribution is 5.02. The Morgan fingerprint density at radius 1 is 1.00 bits per heavy atom. The van der Waals surface area contributed by atoms with Crippen molar-refractivity contribution in [2.45, 2.75) is 96.7 Å². The molecule has 5 heteroatoms. The SMILES string of the molecule is CC(C)(CO[C@@H]1C[C@](O)(C(C)(C)C)C[C@@H](O)[C@H]1O)C1CCC(O)C1. The van der Waals surface area contributed by atoms with E-state index in [-0.39, 0.29) is 17.9 Å². The van der Waals surface area contributed by atoms with Crippen molar-refractivity contribution in [1.29, 1.82) is 0 Å². The largest absolute Gasteiger partial charge is 0.393 e. The lowest BCUT2D eigenvalue weighted by Crippen LogP contribution is -2.58. The number of aliphatic hydroxyl groups is 4. The molecule has 0 aliphatic heterocycles. The molecule has 6 atom stereocenters. The van der Waals surface area contributed by atoms with E-state index >= 15 is 0 Å². The van der Waals surface area contributed by atoms with Crippen LogP contribution in [0.5, 0.6) is 0 Å². The molecular formula is C19H36O5. The van der Waals surface area contributed by atoms with Gasteiger partial charge in [0.2, 0.25) is 0 Å². The summed E-state index contributed by atoms with van der Waals surface area (Å²) < 4.78 is 6.02. The molecule has 0 aromatic rings. The minimum absolute atomic E-state index is 0.112. The van der Waals surface area contributed by atoms with Gasteiger partial charge in [0, 0.05) is 12.8 Å². The first kappa shape index (κ1) is 20.1. The Bertz CT molecular complexity index is 430. The molecule has 142 valence electrons. The third-order valence-corrected chi connectivity index (χ3v) is 6.44. The molecule has 2 aliphatic carbocycles. The standard InChI is InChI=1S/C19H36O5/c1-17(2,3)19(23)9-14(21)16(22)15(10-19)24-11-18(4,5)12-6-7-13(20)8-12/h12-16,20-23H,6-11H2,1-5H3/t12?,13?,14-,15-,16-,19+/m1/s1. The van der Waals surface area contributed by atoms with Gasteiger partial charge < -0.3 is 25.2 Å². The Kier molecular flexibility index (Phi) is 5.73. The number of rotatable bonds is 4. The maximum absolute atomic E-state index is 11.0. The van der Waals surface area contributed by atoms with Crippen molar-refractivity contribution < 1.29 is 25.2 Å². The summed E-state index contributed by atoms with van der Waals surface area (Å²) >= 11 is 0. The van der Waals surface area contributed by atoms with E-state index < -0.39 is 29.3 Å². The van der Waals surface area contributed by atoms with Gasteiger partial charge in [0.15, 0.2) is 0 Å². The molecule has 5 nitrogen and oxygen atoms in total. The first-order chi connectivity index (χ1) is 10.9. The average molecular weight is 344 g/mol. The maximum atomic E-state index is 11.0. The van der Waals surface area contributed by atoms with Crippen LogP contribution in [0, 0.1) is 16.7 Å². The molecular weight excluding hydrogens is 308 g/mol. The highest BCUT2D eigenvalue weighted by Crippen LogP contribution is 2.44. The van der Waals surface area contributed by atoms with E-state index in [1.807, 2.05) is 20.8 Å². The van der Waals surface area contributed by atoms with Crippen LogP contribution >= 0.6 is 0 Å². The van der Waals surface area contributed by atoms with Gasteiger partial charge in [-0.3, -0.25) is 0 Å². The molecule has 2 fully saturated rings. The average Bonchev–Trinajstić information content (AvgIpc) is 2.87. The summed E-state index contributed by atoms with van der Waals surface area (Å²) in [6.07, 6.45) is 0.335. The smallest absolute Gasteiger partial charge is 0.106 e. The van der Waals surface area contributed by atoms with Crippen molar-refractivity contribution in [3.05, 3.63) is 0 Å². The fraction of sp³-hybridized carbons (Fsp3) is 1.00. The van der Waals surface area contributed by atoms with Gasteiger partial charge in [-0.2, -0.15) is 0 Å². The Labute approximate surface area is 146 Å². The minimum Gasteiger partial charge on any atom is -0.393 e. The summed E-state index contributed by atoms with van der Waals surface area (Å²) in [5.74, 6) is 0.389. The Morgan fingerprint density at radius 3 is 2.12 bits per heavy atom. The lowest BCUT2D eigenvalue weighted by atomic mass is 9.66. The summed E-state index contributed by atoms with van der Waals surface area (Å²) in [6, 6.07) is 0. The predicted molar refractivity (Wildman–Crippen MR) is 92.5 cm³/mol. The highest BCUT2D eigenvalue weighted by atomic mass is 16.5. The van der Waals surface area contributed by atoms with Gasteiger partial charge >= 0.3 is 0 Å². The molecule has 24 heavy (non-hydrogen) atoms. The van der Waals surface area contributed by atoms with E-state index in [0.717, 1.165) is 19.3 Å². The topological polar surface area (TPSA) is 90.2 Å². The van der Waals surface area contributed by atoms with E-state index in [4.69, 9.17) is 4.74 Å². The van der Waals surface area contributed by atoms with Crippen molar-refractivity contribution in [2.24, 2.45) is 16.7 Å². The molecule has 2 rings (SSSR count). The van der Waals surface area contributed by atoms with Crippen LogP contribution in [0.25, 0.3) is 0 Å². The summed E-state index contributed by atoms with van der Waals surface area (Å²) in [5.41, 5.74) is -1.58. The number of hydrogen-bond acceptors (Lipinski definition) is 5. The summed E-state index contributed by atoms with van der Waals surface area (Å²) in [5, 5.41) is 41.2. The van der Waals surface area contributed by atoms with Gasteiger partial charge in [0.25, 0.3) is 0 Å². The van der Waals surface area contributed by atoms with Crippen molar-refractivity contribution >= 4 is 0 Å². The Balaban J connectivity index is 2.02. The van der Waals surface area contributed by atoms with Crippen LogP contribution in [0.15, 0.2) is 0 Å². The second-order valence-corrected chi connectivity index (χ2v) is 9.75. The van der Waals surface area contributed by atoms with Crippen LogP contribution in [0.3, 0.4) is 0 Å². The molecule has 2 unspecified atom stereocenters. The van der Waals surface area contributed by atoms with E-state index in [2.05, 4.69) is 13.8 Å². The highest BCUT2D eigenvalue weighted by Gasteiger charge is 2.51. The zero-order valence-corrected chi connectivity index (χ0v) is 15.8. The molecule has 0 amide bonds. The van der Waals surface area contributed by atoms with Crippen molar-refractivity contribution in [2.75, 3.05) is 6.61 Å². The number of aliphatic hydroxyl groups excluding tert-OH is 3. The van der Waals surface area contributed by atoms with Gasteiger partial charge in [0.1, 0.15) is 6.10 Å². The second-order valence-electron chi connectivity index (χ2n) is 9.75. The van der Waals surface area contributed by atoms with Crippen molar-refractivity contribution in [3.63, 3.8) is 0 Å². The van der Waals surface area contributed by atoms with Crippen LogP contribution in [0.4, 0.5) is 0 Å². The molecule has 0 spiro atoms. The normalized spacial score (nSPS) is 41.6. The maximum Gasteiger partial charge on any atom is 0.106 e. The van der Waals surface area contributed by atoms with Crippen LogP contribution < -0.4 is 0 Å². The summed E-state index contributed by atoms with van der Waals surface area (Å²) in [6.45, 7) is 10.5. The molecule has 0 aromatic heterocycles. The third kappa shape index (κ3) is 4.13. The molecule has 0 bridgehead atoms. The van der Waals surface area contributed by atoms with Crippen LogP contribution in [0.1, 0.15) is 66.7 Å². The van der Waals surface area contributed by atoms with Crippen molar-refractivity contribution in [3.8, 4) is 0 Å². The zero-order valence-electron chi connectivity index (χ0n) is 15.8. The fourth-order valence-corrected chi connectivity index (χ4v) is 4.13. The molecule has 2 aliphatic rings. The number of hydrogen-bond donors (Lipinski definition) is 4. The van der Waals surface area contributed by atoms with E-state index in [1.54, 1.807) is 0 Å². The predicted octanol–water partition coefficient (Wildman–Crippen LogP) is 1.85. The Hall–Kier alpha value is -0.200. The summed E-state index contributed by atoms with van der Waals surface area (Å²) in [7, 11) is 0. The minimum atomic E-state index is -1.07. The van der Waals surface area contributed by atoms with E-state index in [9.17, 15) is 20.4 Å². The van der Waals surface area contributed by atoms with Crippen LogP contribution in [-0.2, 0) is 4.74 Å². The van der Waals surface area contributed by atoms with Gasteiger partial charge in [-0.1, -0.05) is 34.6 Å². The first-order valence-corrected chi connectivity index (χ1v) is 9.24. The van der Waals surface area contributed by atoms with Crippen molar-refractivity contribution in [1.82, 2.24) is 0 Å². The molecule has 0 aromatic carbocycles. The Morgan fingerprint density at radius 2 is 1.62 bits per heavy atom. The molecule has 0 saturated heterocycles. The van der Waals surface area contributed by atoms with E-state index in [1.165, 1.54) is 0 Å². The lowest BCUT2D eigenvalue weighted by Gasteiger charge is -2.49. The van der Waals surface area contributed by atoms with Crippen LogP contribution in [0.2, 0.25) is 0 Å². The molecule has 0 heterocycles. The fourth-order valence-electron chi connectivity index (χ4n) is 4.13. The second kappa shape index (κ2) is 6.84. The van der Waals surface area contributed by atoms with E-state index in [0.29, 0.717) is 18.9 Å². The number of ether oxygens (including phenoxy) is 1. The van der Waals surface area contributed by atoms with Gasteiger partial charge in [-0.15, -0.1) is 0 Å². The third-order valence-electron chi connectivity index (χ3n) is 6.44. The monoisotopic (exact) mass is 344 g/mol. The lowest BCUT2D eigenvalue weighted by molar-refractivity contribution is -0.207. The summed E-state index contributed by atoms with van der Waals surface area (Å²) in [4.78, 5) is 0. The quantitative estimate of drug-likeness (QED) is 0.625. The van der Waals surface area contributed by atoms with Gasteiger partial charge in [-0.25, -0.2) is 0 Å². The van der Waals surface area contributed by atoms with Gasteiger partial charge in [-0.05, 0) is 36.0 Å². The first-order valence-electron chi connectivity index (χ1n) is 9.24. The molecule has 4 N–H and O–H groups in total. The molecule has 0 radical (unpaired) electrons. The zero-order chi connectivity index (χ0) is 18.3. The van der Waals surface area contributed by atoms with Crippen LogP contribution in [-0.4, -0.2) is 57.0 Å². The molecule has 2 saturated carbocycles. The van der Waals surface area contributed by atoms with Gasteiger partial charge in [0.05, 0.1) is 30.5 Å².